The molecule has 0 radical (unpaired) electrons. The minimum Gasteiger partial charge on any atom is -0.381 e. The summed E-state index contributed by atoms with van der Waals surface area (Å²) in [6.07, 6.45) is 3.12. The van der Waals surface area contributed by atoms with Crippen molar-refractivity contribution in [1.29, 1.82) is 0 Å². The maximum atomic E-state index is 12.4. The fourth-order valence-electron chi connectivity index (χ4n) is 2.65. The van der Waals surface area contributed by atoms with E-state index in [9.17, 15) is 4.79 Å². The molecule has 1 aromatic carbocycles. The van der Waals surface area contributed by atoms with E-state index in [4.69, 9.17) is 4.74 Å². The van der Waals surface area contributed by atoms with Gasteiger partial charge in [-0.15, -0.1) is 0 Å². The summed E-state index contributed by atoms with van der Waals surface area (Å²) >= 11 is 1.80. The minimum atomic E-state index is -0.00652. The number of carbonyl (C=O) groups is 1. The SMILES string of the molecule is CCOC[C@H]1CCN(C(=O)Nc2cccc([C@@H](C)SC)c2)C1. The van der Waals surface area contributed by atoms with Gasteiger partial charge in [0.25, 0.3) is 0 Å². The second-order valence-corrected chi connectivity index (χ2v) is 6.87. The predicted molar refractivity (Wildman–Crippen MR) is 93.6 cm³/mol. The van der Waals surface area contributed by atoms with Crippen LogP contribution >= 0.6 is 11.8 Å². The first-order valence-corrected chi connectivity index (χ1v) is 9.19. The second-order valence-electron chi connectivity index (χ2n) is 5.69. The molecule has 2 amide bonds. The lowest BCUT2D eigenvalue weighted by molar-refractivity contribution is 0.113. The molecule has 0 aliphatic carbocycles. The van der Waals surface area contributed by atoms with Gasteiger partial charge in [-0.1, -0.05) is 12.1 Å². The summed E-state index contributed by atoms with van der Waals surface area (Å²) in [6.45, 7) is 7.26. The summed E-state index contributed by atoms with van der Waals surface area (Å²) in [4.78, 5) is 14.2. The molecule has 2 atom stereocenters. The number of benzene rings is 1. The van der Waals surface area contributed by atoms with E-state index in [2.05, 4.69) is 30.6 Å². The number of rotatable bonds is 6. The van der Waals surface area contributed by atoms with E-state index in [0.29, 0.717) is 11.2 Å². The fraction of sp³-hybridized carbons (Fsp3) is 0.588. The molecular formula is C17H26N2O2S. The predicted octanol–water partition coefficient (Wildman–Crippen LogP) is 4.00. The Labute approximate surface area is 137 Å². The van der Waals surface area contributed by atoms with Gasteiger partial charge in [0.2, 0.25) is 0 Å². The zero-order valence-corrected chi connectivity index (χ0v) is 14.5. The number of thioether (sulfide) groups is 1. The molecule has 1 aliphatic rings. The van der Waals surface area contributed by atoms with Gasteiger partial charge < -0.3 is 15.0 Å². The van der Waals surface area contributed by atoms with E-state index in [0.717, 1.165) is 38.4 Å². The Morgan fingerprint density at radius 3 is 3.09 bits per heavy atom. The highest BCUT2D eigenvalue weighted by atomic mass is 32.2. The van der Waals surface area contributed by atoms with Gasteiger partial charge in [0, 0.05) is 36.6 Å². The normalized spacial score (nSPS) is 19.2. The third kappa shape index (κ3) is 4.65. The summed E-state index contributed by atoms with van der Waals surface area (Å²) in [5.74, 6) is 0.466. The molecule has 1 fully saturated rings. The average molecular weight is 322 g/mol. The Kier molecular flexibility index (Phi) is 6.58. The van der Waals surface area contributed by atoms with E-state index in [1.807, 2.05) is 24.0 Å². The van der Waals surface area contributed by atoms with Gasteiger partial charge in [-0.25, -0.2) is 4.79 Å². The number of nitrogens with one attached hydrogen (secondary N) is 1. The van der Waals surface area contributed by atoms with Crippen LogP contribution in [0.5, 0.6) is 0 Å². The zero-order chi connectivity index (χ0) is 15.9. The van der Waals surface area contributed by atoms with E-state index < -0.39 is 0 Å². The van der Waals surface area contributed by atoms with Crippen molar-refractivity contribution in [3.63, 3.8) is 0 Å². The number of likely N-dealkylation sites (tertiary alicyclic amines) is 1. The fourth-order valence-corrected chi connectivity index (χ4v) is 3.06. The first-order chi connectivity index (χ1) is 10.6. The molecular weight excluding hydrogens is 296 g/mol. The van der Waals surface area contributed by atoms with Crippen LogP contribution in [0.25, 0.3) is 0 Å². The highest BCUT2D eigenvalue weighted by Gasteiger charge is 2.26. The molecule has 0 spiro atoms. The summed E-state index contributed by atoms with van der Waals surface area (Å²) in [6, 6.07) is 8.10. The van der Waals surface area contributed by atoms with Crippen LogP contribution in [-0.4, -0.2) is 43.5 Å². The van der Waals surface area contributed by atoms with Crippen molar-refractivity contribution >= 4 is 23.5 Å². The van der Waals surface area contributed by atoms with Crippen molar-refractivity contribution in [2.24, 2.45) is 5.92 Å². The molecule has 122 valence electrons. The molecule has 1 saturated heterocycles. The van der Waals surface area contributed by atoms with Crippen LogP contribution in [0.2, 0.25) is 0 Å². The van der Waals surface area contributed by atoms with Gasteiger partial charge in [-0.3, -0.25) is 0 Å². The van der Waals surface area contributed by atoms with Gasteiger partial charge in [-0.05, 0) is 44.2 Å². The minimum absolute atomic E-state index is 0.00652. The number of urea groups is 1. The van der Waals surface area contributed by atoms with E-state index in [1.54, 1.807) is 11.8 Å². The number of anilines is 1. The average Bonchev–Trinajstić information content (AvgIpc) is 3.01. The van der Waals surface area contributed by atoms with Crippen molar-refractivity contribution in [1.82, 2.24) is 4.90 Å². The molecule has 4 nitrogen and oxygen atoms in total. The molecule has 22 heavy (non-hydrogen) atoms. The van der Waals surface area contributed by atoms with Crippen molar-refractivity contribution in [3.05, 3.63) is 29.8 Å². The van der Waals surface area contributed by atoms with Crippen molar-refractivity contribution in [3.8, 4) is 0 Å². The summed E-state index contributed by atoms with van der Waals surface area (Å²) in [5, 5.41) is 3.45. The Morgan fingerprint density at radius 2 is 2.36 bits per heavy atom. The molecule has 0 aromatic heterocycles. The second kappa shape index (κ2) is 8.44. The first-order valence-electron chi connectivity index (χ1n) is 7.90. The van der Waals surface area contributed by atoms with Crippen molar-refractivity contribution in [2.75, 3.05) is 37.9 Å². The van der Waals surface area contributed by atoms with Crippen LogP contribution in [0.1, 0.15) is 31.1 Å². The van der Waals surface area contributed by atoms with Crippen LogP contribution in [0.15, 0.2) is 24.3 Å². The number of hydrogen-bond acceptors (Lipinski definition) is 3. The standard InChI is InChI=1S/C17H26N2O2S/c1-4-21-12-14-8-9-19(11-14)17(20)18-16-7-5-6-15(10-16)13(2)22-3/h5-7,10,13-14H,4,8-9,11-12H2,1-3H3,(H,18,20)/t13-,14+/m1/s1. The Morgan fingerprint density at radius 1 is 1.55 bits per heavy atom. The molecule has 1 aromatic rings. The molecule has 1 N–H and O–H groups in total. The lowest BCUT2D eigenvalue weighted by Crippen LogP contribution is -2.33. The first kappa shape index (κ1) is 17.2. The number of ether oxygens (including phenoxy) is 1. The highest BCUT2D eigenvalue weighted by molar-refractivity contribution is 7.98. The molecule has 1 heterocycles. The van der Waals surface area contributed by atoms with Gasteiger partial charge >= 0.3 is 6.03 Å². The largest absolute Gasteiger partial charge is 0.381 e. The maximum Gasteiger partial charge on any atom is 0.321 e. The van der Waals surface area contributed by atoms with Crippen LogP contribution in [0.4, 0.5) is 10.5 Å². The topological polar surface area (TPSA) is 41.6 Å². The van der Waals surface area contributed by atoms with Gasteiger partial charge in [-0.2, -0.15) is 11.8 Å². The summed E-state index contributed by atoms with van der Waals surface area (Å²) in [5.41, 5.74) is 2.11. The maximum absolute atomic E-state index is 12.4. The molecule has 0 saturated carbocycles. The number of nitrogens with zero attached hydrogens (tertiary/aromatic N) is 1. The number of amides is 2. The van der Waals surface area contributed by atoms with Crippen molar-refractivity contribution in [2.45, 2.75) is 25.5 Å². The Bertz CT molecular complexity index is 495. The third-order valence-electron chi connectivity index (χ3n) is 4.09. The lowest BCUT2D eigenvalue weighted by Gasteiger charge is -2.18. The van der Waals surface area contributed by atoms with Gasteiger partial charge in [0.1, 0.15) is 0 Å². The van der Waals surface area contributed by atoms with Crippen LogP contribution in [0.3, 0.4) is 0 Å². The van der Waals surface area contributed by atoms with Gasteiger partial charge in [0.05, 0.1) is 6.61 Å². The Balaban J connectivity index is 1.90. The van der Waals surface area contributed by atoms with E-state index in [1.165, 1.54) is 5.56 Å². The lowest BCUT2D eigenvalue weighted by atomic mass is 10.1. The molecule has 0 bridgehead atoms. The van der Waals surface area contributed by atoms with E-state index in [-0.39, 0.29) is 6.03 Å². The molecule has 5 heteroatoms. The van der Waals surface area contributed by atoms with Crippen LogP contribution in [-0.2, 0) is 4.74 Å². The Hall–Kier alpha value is -1.20. The monoisotopic (exact) mass is 322 g/mol. The molecule has 1 aliphatic heterocycles. The smallest absolute Gasteiger partial charge is 0.321 e. The molecule has 0 unspecified atom stereocenters. The number of carbonyl (C=O) groups excluding carboxylic acids is 1. The van der Waals surface area contributed by atoms with Gasteiger partial charge in [0.15, 0.2) is 0 Å². The zero-order valence-electron chi connectivity index (χ0n) is 13.7. The quantitative estimate of drug-likeness (QED) is 0.860. The molecule has 2 rings (SSSR count). The van der Waals surface area contributed by atoms with E-state index >= 15 is 0 Å². The van der Waals surface area contributed by atoms with Crippen molar-refractivity contribution < 1.29 is 9.53 Å². The summed E-state index contributed by atoms with van der Waals surface area (Å²) < 4.78 is 5.46. The number of hydrogen-bond donors (Lipinski definition) is 1. The van der Waals surface area contributed by atoms with Crippen LogP contribution < -0.4 is 5.32 Å². The van der Waals surface area contributed by atoms with Crippen LogP contribution in [0, 0.1) is 5.92 Å². The summed E-state index contributed by atoms with van der Waals surface area (Å²) in [7, 11) is 0. The third-order valence-corrected chi connectivity index (χ3v) is 5.07. The highest BCUT2D eigenvalue weighted by Crippen LogP contribution is 2.27.